The predicted molar refractivity (Wildman–Crippen MR) is 90.4 cm³/mol. The highest BCUT2D eigenvalue weighted by Gasteiger charge is 2.11. The SMILES string of the molecule is COc1ccc(C)cc1COC(=O)OCc1cc(C)ccc1OC. The first-order valence-corrected chi connectivity index (χ1v) is 7.60. The van der Waals surface area contributed by atoms with Crippen LogP contribution < -0.4 is 9.47 Å². The molecule has 0 bridgehead atoms. The summed E-state index contributed by atoms with van der Waals surface area (Å²) in [5.74, 6) is 1.35. The fourth-order valence-corrected chi connectivity index (χ4v) is 2.36. The van der Waals surface area contributed by atoms with Crippen molar-refractivity contribution in [1.29, 1.82) is 0 Å². The Morgan fingerprint density at radius 3 is 1.58 bits per heavy atom. The Morgan fingerprint density at radius 1 is 0.792 bits per heavy atom. The van der Waals surface area contributed by atoms with Crippen LogP contribution in [0.5, 0.6) is 11.5 Å². The van der Waals surface area contributed by atoms with Crippen LogP contribution in [0.3, 0.4) is 0 Å². The smallest absolute Gasteiger partial charge is 0.496 e. The number of benzene rings is 2. The van der Waals surface area contributed by atoms with Gasteiger partial charge in [0, 0.05) is 11.1 Å². The number of carbonyl (C=O) groups is 1. The van der Waals surface area contributed by atoms with E-state index in [0.717, 1.165) is 22.3 Å². The summed E-state index contributed by atoms with van der Waals surface area (Å²) in [6, 6.07) is 11.4. The van der Waals surface area contributed by atoms with Gasteiger partial charge in [0.2, 0.25) is 0 Å². The maximum atomic E-state index is 11.8. The van der Waals surface area contributed by atoms with Gasteiger partial charge >= 0.3 is 6.16 Å². The fraction of sp³-hybridized carbons (Fsp3) is 0.316. The number of aryl methyl sites for hydroxylation is 2. The first kappa shape index (κ1) is 17.7. The molecule has 0 amide bonds. The second-order valence-electron chi connectivity index (χ2n) is 5.46. The van der Waals surface area contributed by atoms with Crippen molar-refractivity contribution in [3.05, 3.63) is 58.7 Å². The van der Waals surface area contributed by atoms with Crippen molar-refractivity contribution in [3.63, 3.8) is 0 Å². The first-order valence-electron chi connectivity index (χ1n) is 7.60. The Bertz CT molecular complexity index is 649. The predicted octanol–water partition coefficient (Wildman–Crippen LogP) is 4.17. The third-order valence-electron chi connectivity index (χ3n) is 3.56. The lowest BCUT2D eigenvalue weighted by Gasteiger charge is -2.12. The minimum atomic E-state index is -0.734. The van der Waals surface area contributed by atoms with Gasteiger partial charge in [-0.1, -0.05) is 23.3 Å². The Labute approximate surface area is 142 Å². The minimum absolute atomic E-state index is 0.0919. The summed E-state index contributed by atoms with van der Waals surface area (Å²) in [6.45, 7) is 4.11. The molecule has 0 saturated heterocycles. The van der Waals surface area contributed by atoms with E-state index in [1.165, 1.54) is 0 Å². The molecule has 0 unspecified atom stereocenters. The van der Waals surface area contributed by atoms with Gasteiger partial charge in [0.25, 0.3) is 0 Å². The molecule has 0 saturated carbocycles. The van der Waals surface area contributed by atoms with Gasteiger partial charge in [-0.15, -0.1) is 0 Å². The van der Waals surface area contributed by atoms with Gasteiger partial charge in [-0.05, 0) is 38.1 Å². The first-order chi connectivity index (χ1) is 11.5. The quantitative estimate of drug-likeness (QED) is 0.744. The molecule has 0 atom stereocenters. The van der Waals surface area contributed by atoms with Crippen molar-refractivity contribution in [2.75, 3.05) is 14.2 Å². The zero-order valence-corrected chi connectivity index (χ0v) is 14.4. The maximum Gasteiger partial charge on any atom is 0.508 e. The fourth-order valence-electron chi connectivity index (χ4n) is 2.36. The average Bonchev–Trinajstić information content (AvgIpc) is 2.58. The largest absolute Gasteiger partial charge is 0.508 e. The molecule has 0 fully saturated rings. The van der Waals surface area contributed by atoms with E-state index < -0.39 is 6.16 Å². The molecule has 0 aliphatic heterocycles. The third-order valence-corrected chi connectivity index (χ3v) is 3.56. The molecule has 0 N–H and O–H groups in total. The van der Waals surface area contributed by atoms with Crippen molar-refractivity contribution < 1.29 is 23.7 Å². The molecule has 128 valence electrons. The molecule has 2 aromatic rings. The van der Waals surface area contributed by atoms with Gasteiger partial charge in [0.15, 0.2) is 0 Å². The van der Waals surface area contributed by atoms with E-state index >= 15 is 0 Å². The summed E-state index contributed by atoms with van der Waals surface area (Å²) in [7, 11) is 3.16. The molecule has 0 aromatic heterocycles. The van der Waals surface area contributed by atoms with E-state index in [2.05, 4.69) is 0 Å². The normalized spacial score (nSPS) is 10.2. The highest BCUT2D eigenvalue weighted by molar-refractivity contribution is 5.60. The van der Waals surface area contributed by atoms with Crippen LogP contribution in [0.2, 0.25) is 0 Å². The average molecular weight is 330 g/mol. The number of hydrogen-bond donors (Lipinski definition) is 0. The maximum absolute atomic E-state index is 11.8. The standard InChI is InChI=1S/C19H22O5/c1-13-5-7-17(21-3)15(9-13)11-23-19(20)24-12-16-10-14(2)6-8-18(16)22-4/h5-10H,11-12H2,1-4H3. The third kappa shape index (κ3) is 4.65. The van der Waals surface area contributed by atoms with Crippen LogP contribution >= 0.6 is 0 Å². The van der Waals surface area contributed by atoms with Crippen LogP contribution in [0.25, 0.3) is 0 Å². The van der Waals surface area contributed by atoms with E-state index in [1.54, 1.807) is 14.2 Å². The highest BCUT2D eigenvalue weighted by Crippen LogP contribution is 2.22. The lowest BCUT2D eigenvalue weighted by Crippen LogP contribution is -2.09. The lowest BCUT2D eigenvalue weighted by molar-refractivity contribution is 0.0438. The van der Waals surface area contributed by atoms with E-state index in [4.69, 9.17) is 18.9 Å². The molecule has 0 aliphatic rings. The summed E-state index contributed by atoms with van der Waals surface area (Å²) in [6.07, 6.45) is -0.734. The van der Waals surface area contributed by atoms with Crippen molar-refractivity contribution >= 4 is 6.16 Å². The van der Waals surface area contributed by atoms with Crippen LogP contribution in [0.1, 0.15) is 22.3 Å². The number of carbonyl (C=O) groups excluding carboxylic acids is 1. The van der Waals surface area contributed by atoms with E-state index in [0.29, 0.717) is 11.5 Å². The van der Waals surface area contributed by atoms with Crippen molar-refractivity contribution in [3.8, 4) is 11.5 Å². The van der Waals surface area contributed by atoms with Gasteiger partial charge in [-0.3, -0.25) is 0 Å². The zero-order chi connectivity index (χ0) is 17.5. The molecule has 5 nitrogen and oxygen atoms in total. The molecule has 0 aliphatic carbocycles. The molecule has 0 spiro atoms. The molecule has 5 heteroatoms. The van der Waals surface area contributed by atoms with E-state index in [-0.39, 0.29) is 13.2 Å². The van der Waals surface area contributed by atoms with Crippen LogP contribution in [0.4, 0.5) is 4.79 Å². The van der Waals surface area contributed by atoms with E-state index in [1.807, 2.05) is 50.2 Å². The summed E-state index contributed by atoms with van der Waals surface area (Å²) >= 11 is 0. The molecule has 0 heterocycles. The van der Waals surface area contributed by atoms with Crippen LogP contribution in [-0.2, 0) is 22.7 Å². The molecule has 2 rings (SSSR count). The Balaban J connectivity index is 1.93. The highest BCUT2D eigenvalue weighted by atomic mass is 16.7. The second kappa shape index (κ2) is 8.24. The summed E-state index contributed by atoms with van der Waals surface area (Å²) in [5.41, 5.74) is 3.71. The topological polar surface area (TPSA) is 54.0 Å². The Morgan fingerprint density at radius 2 is 1.21 bits per heavy atom. The van der Waals surface area contributed by atoms with Gasteiger partial charge < -0.3 is 18.9 Å². The van der Waals surface area contributed by atoms with Crippen molar-refractivity contribution in [2.45, 2.75) is 27.1 Å². The molecule has 24 heavy (non-hydrogen) atoms. The minimum Gasteiger partial charge on any atom is -0.496 e. The van der Waals surface area contributed by atoms with Crippen LogP contribution in [-0.4, -0.2) is 20.4 Å². The number of rotatable bonds is 6. The Kier molecular flexibility index (Phi) is 6.07. The van der Waals surface area contributed by atoms with Crippen molar-refractivity contribution in [1.82, 2.24) is 0 Å². The van der Waals surface area contributed by atoms with Gasteiger partial charge in [-0.2, -0.15) is 0 Å². The number of ether oxygens (including phenoxy) is 4. The van der Waals surface area contributed by atoms with Crippen LogP contribution in [0, 0.1) is 13.8 Å². The zero-order valence-electron chi connectivity index (χ0n) is 14.4. The Hall–Kier alpha value is -2.69. The van der Waals surface area contributed by atoms with Gasteiger partial charge in [-0.25, -0.2) is 4.79 Å². The lowest BCUT2D eigenvalue weighted by atomic mass is 10.1. The molecular formula is C19H22O5. The number of methoxy groups -OCH3 is 2. The monoisotopic (exact) mass is 330 g/mol. The van der Waals surface area contributed by atoms with Crippen LogP contribution in [0.15, 0.2) is 36.4 Å². The summed E-state index contributed by atoms with van der Waals surface area (Å²) in [4.78, 5) is 11.8. The molecule has 0 radical (unpaired) electrons. The molecule has 2 aromatic carbocycles. The summed E-state index contributed by atoms with van der Waals surface area (Å²) < 4.78 is 20.9. The second-order valence-corrected chi connectivity index (χ2v) is 5.46. The van der Waals surface area contributed by atoms with Gasteiger partial charge in [0.1, 0.15) is 24.7 Å². The van der Waals surface area contributed by atoms with Crippen molar-refractivity contribution in [2.24, 2.45) is 0 Å². The van der Waals surface area contributed by atoms with Gasteiger partial charge in [0.05, 0.1) is 14.2 Å². The molecular weight excluding hydrogens is 308 g/mol. The summed E-state index contributed by atoms with van der Waals surface area (Å²) in [5, 5.41) is 0. The van der Waals surface area contributed by atoms with E-state index in [9.17, 15) is 4.79 Å². The number of hydrogen-bond acceptors (Lipinski definition) is 5.